The SMILES string of the molecule is CC(C)(C)P(CC1=CC(=C2C=CC=C[CH-]2)C=C1C(P)(C1CCCN1)C1CCCN1)C(C)(C)C.[Fe+2].c1cc[cH-]c1. The molecular weight excluding hydrogens is 554 g/mol. The van der Waals surface area contributed by atoms with Crippen LogP contribution in [0.5, 0.6) is 0 Å². The van der Waals surface area contributed by atoms with E-state index in [-0.39, 0.29) is 30.1 Å². The zero-order valence-electron chi connectivity index (χ0n) is 24.9. The van der Waals surface area contributed by atoms with Gasteiger partial charge in [0.15, 0.2) is 0 Å². The molecule has 2 heterocycles. The normalized spacial score (nSPS) is 26.4. The van der Waals surface area contributed by atoms with E-state index in [0.29, 0.717) is 22.4 Å². The maximum absolute atomic E-state index is 3.91. The summed E-state index contributed by atoms with van der Waals surface area (Å²) in [5, 5.41) is 8.48. The van der Waals surface area contributed by atoms with E-state index in [1.165, 1.54) is 43.0 Å². The average molecular weight is 605 g/mol. The molecule has 2 fully saturated rings. The van der Waals surface area contributed by atoms with Crippen LogP contribution in [0.15, 0.2) is 89.1 Å². The second-order valence-electron chi connectivity index (χ2n) is 13.2. The zero-order chi connectivity index (χ0) is 27.4. The molecule has 3 atom stereocenters. The van der Waals surface area contributed by atoms with E-state index in [1.807, 2.05) is 30.3 Å². The Kier molecular flexibility index (Phi) is 11.7. The summed E-state index contributed by atoms with van der Waals surface area (Å²) in [5.74, 6) is 0. The molecule has 2 N–H and O–H groups in total. The van der Waals surface area contributed by atoms with Crippen molar-refractivity contribution in [3.05, 3.63) is 95.5 Å². The molecule has 2 aliphatic heterocycles. The third-order valence-corrected chi connectivity index (χ3v) is 13.3. The molecule has 0 bridgehead atoms. The number of hydrogen-bond acceptors (Lipinski definition) is 2. The summed E-state index contributed by atoms with van der Waals surface area (Å²) in [6.07, 6.45) is 22.4. The molecule has 5 heteroatoms. The second kappa shape index (κ2) is 13.9. The Hall–Kier alpha value is -0.781. The van der Waals surface area contributed by atoms with E-state index in [9.17, 15) is 0 Å². The number of allylic oxidation sites excluding steroid dienone is 9. The van der Waals surface area contributed by atoms with Gasteiger partial charge in [-0.3, -0.25) is 0 Å². The molecule has 0 saturated carbocycles. The van der Waals surface area contributed by atoms with E-state index in [2.05, 4.69) is 104 Å². The Labute approximate surface area is 253 Å². The fraction of sp³-hybridized carbons (Fsp3) is 0.529. The summed E-state index contributed by atoms with van der Waals surface area (Å²) >= 11 is 0. The van der Waals surface area contributed by atoms with Crippen LogP contribution >= 0.6 is 17.2 Å². The molecule has 2 nitrogen and oxygen atoms in total. The van der Waals surface area contributed by atoms with E-state index in [0.717, 1.165) is 13.1 Å². The van der Waals surface area contributed by atoms with Crippen molar-refractivity contribution in [2.24, 2.45) is 0 Å². The third-order valence-electron chi connectivity index (χ3n) is 8.33. The Morgan fingerprint density at radius 1 is 0.897 bits per heavy atom. The Balaban J connectivity index is 0.000000630. The molecule has 0 spiro atoms. The molecule has 2 aliphatic carbocycles. The van der Waals surface area contributed by atoms with Gasteiger partial charge in [0.05, 0.1) is 0 Å². The topological polar surface area (TPSA) is 24.1 Å². The molecule has 39 heavy (non-hydrogen) atoms. The van der Waals surface area contributed by atoms with Crippen molar-refractivity contribution in [3.63, 3.8) is 0 Å². The van der Waals surface area contributed by atoms with Crippen molar-refractivity contribution in [2.75, 3.05) is 19.3 Å². The van der Waals surface area contributed by atoms with Gasteiger partial charge in [-0.1, -0.05) is 67.2 Å². The summed E-state index contributed by atoms with van der Waals surface area (Å²) < 4.78 is 0. The van der Waals surface area contributed by atoms with Gasteiger partial charge in [0.1, 0.15) is 0 Å². The molecule has 3 unspecified atom stereocenters. The molecule has 5 rings (SSSR count). The predicted molar refractivity (Wildman–Crippen MR) is 174 cm³/mol. The predicted octanol–water partition coefficient (Wildman–Crippen LogP) is 8.08. The summed E-state index contributed by atoms with van der Waals surface area (Å²) in [6, 6.07) is 11.0. The van der Waals surface area contributed by atoms with Crippen molar-refractivity contribution >= 4 is 17.2 Å². The van der Waals surface area contributed by atoms with Crippen LogP contribution in [0.25, 0.3) is 0 Å². The van der Waals surface area contributed by atoms with Gasteiger partial charge < -0.3 is 10.6 Å². The standard InChI is InChI=1S/C29H45N2P2.C5H5.Fe/c1-27(2,3)33(28(4,5)6)20-23-18-22(21-12-8-7-9-13-21)19-24(23)29(32,25-14-10-16-30-25)26-15-11-17-31-26;1-2-4-5-3-1;/h7-9,12-13,18-19,25-26,30-31H,10-11,14-17,20,32H2,1-6H3;1-5H;/q2*-1;+2. The largest absolute Gasteiger partial charge is 2.00 e. The van der Waals surface area contributed by atoms with Crippen LogP contribution in [0.3, 0.4) is 0 Å². The molecule has 1 aromatic carbocycles. The minimum absolute atomic E-state index is 0. The molecule has 0 radical (unpaired) electrons. The van der Waals surface area contributed by atoms with Gasteiger partial charge in [-0.05, 0) is 66.4 Å². The monoisotopic (exact) mass is 604 g/mol. The quantitative estimate of drug-likeness (QED) is 0.202. The van der Waals surface area contributed by atoms with Gasteiger partial charge in [-0.15, -0.1) is 45.5 Å². The molecular formula is C34H50FeN2P2. The average Bonchev–Trinajstić information content (AvgIpc) is 3.70. The fourth-order valence-electron chi connectivity index (χ4n) is 6.66. The first kappa shape index (κ1) is 32.7. The summed E-state index contributed by atoms with van der Waals surface area (Å²) in [4.78, 5) is 0. The van der Waals surface area contributed by atoms with Gasteiger partial charge in [0.25, 0.3) is 0 Å². The molecule has 2 saturated heterocycles. The smallest absolute Gasteiger partial charge is 0.313 e. The van der Waals surface area contributed by atoms with Gasteiger partial charge in [-0.2, -0.15) is 18.2 Å². The minimum Gasteiger partial charge on any atom is -0.313 e. The van der Waals surface area contributed by atoms with Gasteiger partial charge in [-0.25, -0.2) is 12.1 Å². The van der Waals surface area contributed by atoms with Gasteiger partial charge in [0.2, 0.25) is 0 Å². The first-order valence-corrected chi connectivity index (χ1v) is 16.7. The van der Waals surface area contributed by atoms with Crippen LogP contribution in [0.2, 0.25) is 0 Å². The van der Waals surface area contributed by atoms with Crippen molar-refractivity contribution in [3.8, 4) is 0 Å². The van der Waals surface area contributed by atoms with E-state index in [1.54, 1.807) is 11.1 Å². The zero-order valence-corrected chi connectivity index (χ0v) is 28.1. The molecule has 214 valence electrons. The van der Waals surface area contributed by atoms with E-state index >= 15 is 0 Å². The number of hydrogen-bond donors (Lipinski definition) is 2. The fourth-order valence-corrected chi connectivity index (χ4v) is 11.1. The maximum Gasteiger partial charge on any atom is 2.00 e. The molecule has 0 aromatic heterocycles. The van der Waals surface area contributed by atoms with Crippen LogP contribution in [0.4, 0.5) is 0 Å². The Morgan fingerprint density at radius 3 is 1.90 bits per heavy atom. The summed E-state index contributed by atoms with van der Waals surface area (Å²) in [6.45, 7) is 17.0. The van der Waals surface area contributed by atoms with Crippen LogP contribution < -0.4 is 10.6 Å². The Bertz CT molecular complexity index is 1020. The van der Waals surface area contributed by atoms with Crippen LogP contribution in [-0.2, 0) is 17.1 Å². The molecule has 0 amide bonds. The van der Waals surface area contributed by atoms with Gasteiger partial charge >= 0.3 is 17.1 Å². The minimum atomic E-state index is -0.212. The van der Waals surface area contributed by atoms with Gasteiger partial charge in [0, 0.05) is 17.2 Å². The Morgan fingerprint density at radius 2 is 1.49 bits per heavy atom. The summed E-state index contributed by atoms with van der Waals surface area (Å²) in [5.41, 5.74) is 5.89. The first-order valence-electron chi connectivity index (χ1n) is 14.6. The summed E-state index contributed by atoms with van der Waals surface area (Å²) in [7, 11) is 3.20. The van der Waals surface area contributed by atoms with E-state index in [4.69, 9.17) is 0 Å². The van der Waals surface area contributed by atoms with E-state index < -0.39 is 0 Å². The van der Waals surface area contributed by atoms with Crippen molar-refractivity contribution in [2.45, 2.75) is 94.8 Å². The molecule has 4 aliphatic rings. The second-order valence-corrected chi connectivity index (χ2v) is 18.0. The van der Waals surface area contributed by atoms with Crippen LogP contribution in [-0.4, -0.2) is 46.8 Å². The molecule has 1 aromatic rings. The van der Waals surface area contributed by atoms with Crippen molar-refractivity contribution < 1.29 is 17.1 Å². The van der Waals surface area contributed by atoms with Crippen LogP contribution in [0.1, 0.15) is 67.2 Å². The van der Waals surface area contributed by atoms with Crippen molar-refractivity contribution in [1.29, 1.82) is 0 Å². The maximum atomic E-state index is 3.91. The third kappa shape index (κ3) is 7.95. The number of nitrogens with one attached hydrogen (secondary N) is 2. The number of rotatable bonds is 5. The first-order chi connectivity index (χ1) is 18.0. The van der Waals surface area contributed by atoms with Crippen LogP contribution in [0, 0.1) is 6.42 Å². The van der Waals surface area contributed by atoms with Crippen molar-refractivity contribution in [1.82, 2.24) is 10.6 Å².